The molecule has 30 heavy (non-hydrogen) atoms. The van der Waals surface area contributed by atoms with E-state index in [2.05, 4.69) is 20.5 Å². The number of benzene rings is 2. The van der Waals surface area contributed by atoms with Crippen molar-refractivity contribution in [2.75, 3.05) is 11.1 Å². The molecule has 4 aromatic rings. The SMILES string of the molecule is Cc1c(Cl)cccc1NC(=O)CSc1nc2[nH]ncc2c(=O)n1-c1ccccc1Cl. The number of aromatic nitrogens is 4. The summed E-state index contributed by atoms with van der Waals surface area (Å²) in [5.74, 6) is -0.224. The van der Waals surface area contributed by atoms with E-state index in [1.54, 1.807) is 42.5 Å². The van der Waals surface area contributed by atoms with E-state index in [9.17, 15) is 9.59 Å². The zero-order valence-electron chi connectivity index (χ0n) is 15.6. The van der Waals surface area contributed by atoms with Gasteiger partial charge in [0.15, 0.2) is 10.8 Å². The molecule has 7 nitrogen and oxygen atoms in total. The maximum Gasteiger partial charge on any atom is 0.269 e. The third-order valence-electron chi connectivity index (χ3n) is 4.42. The molecule has 0 spiro atoms. The molecule has 0 unspecified atom stereocenters. The van der Waals surface area contributed by atoms with Gasteiger partial charge in [-0.2, -0.15) is 5.10 Å². The zero-order chi connectivity index (χ0) is 21.3. The number of amides is 1. The van der Waals surface area contributed by atoms with E-state index in [0.717, 1.165) is 17.3 Å². The molecule has 0 saturated heterocycles. The molecule has 2 aromatic carbocycles. The fourth-order valence-electron chi connectivity index (χ4n) is 2.88. The molecule has 2 aromatic heterocycles. The molecule has 0 aliphatic rings. The van der Waals surface area contributed by atoms with E-state index in [0.29, 0.717) is 37.6 Å². The van der Waals surface area contributed by atoms with Gasteiger partial charge in [0.2, 0.25) is 5.91 Å². The first kappa shape index (κ1) is 20.5. The van der Waals surface area contributed by atoms with Crippen LogP contribution < -0.4 is 10.9 Å². The first-order valence-electron chi connectivity index (χ1n) is 8.84. The molecule has 152 valence electrons. The number of rotatable bonds is 5. The first-order valence-corrected chi connectivity index (χ1v) is 10.6. The van der Waals surface area contributed by atoms with Crippen LogP contribution in [0.15, 0.2) is 58.6 Å². The van der Waals surface area contributed by atoms with Gasteiger partial charge in [0.05, 0.1) is 22.7 Å². The molecule has 0 saturated carbocycles. The van der Waals surface area contributed by atoms with Crippen LogP contribution in [-0.2, 0) is 4.79 Å². The smallest absolute Gasteiger partial charge is 0.269 e. The topological polar surface area (TPSA) is 92.7 Å². The monoisotopic (exact) mass is 459 g/mol. The molecule has 2 heterocycles. The van der Waals surface area contributed by atoms with Gasteiger partial charge in [0, 0.05) is 10.7 Å². The van der Waals surface area contributed by atoms with Crippen LogP contribution in [-0.4, -0.2) is 31.4 Å². The lowest BCUT2D eigenvalue weighted by atomic mass is 10.2. The van der Waals surface area contributed by atoms with Crippen LogP contribution in [0, 0.1) is 6.92 Å². The highest BCUT2D eigenvalue weighted by Crippen LogP contribution is 2.26. The second-order valence-electron chi connectivity index (χ2n) is 6.37. The van der Waals surface area contributed by atoms with Gasteiger partial charge in [-0.15, -0.1) is 0 Å². The quantitative estimate of drug-likeness (QED) is 0.339. The van der Waals surface area contributed by atoms with E-state index < -0.39 is 0 Å². The summed E-state index contributed by atoms with van der Waals surface area (Å²) in [7, 11) is 0. The second kappa shape index (κ2) is 8.51. The Morgan fingerprint density at radius 1 is 1.17 bits per heavy atom. The molecule has 2 N–H and O–H groups in total. The number of para-hydroxylation sites is 1. The van der Waals surface area contributed by atoms with Crippen molar-refractivity contribution in [3.05, 3.63) is 74.6 Å². The molecular formula is C20H15Cl2N5O2S. The standard InChI is InChI=1S/C20H15Cl2N5O2S/c1-11-13(21)6-4-7-15(11)24-17(28)10-30-20-25-18-12(9-23-26-18)19(29)27(20)16-8-3-2-5-14(16)22/h2-9H,10H2,1H3,(H,23,26)(H,24,28). The van der Waals surface area contributed by atoms with Gasteiger partial charge in [-0.05, 0) is 36.8 Å². The van der Waals surface area contributed by atoms with E-state index in [1.165, 1.54) is 10.8 Å². The van der Waals surface area contributed by atoms with E-state index >= 15 is 0 Å². The van der Waals surface area contributed by atoms with Crippen LogP contribution in [0.5, 0.6) is 0 Å². The Bertz CT molecular complexity index is 1320. The van der Waals surface area contributed by atoms with Crippen molar-refractivity contribution in [3.8, 4) is 5.69 Å². The lowest BCUT2D eigenvalue weighted by molar-refractivity contribution is -0.113. The number of hydrogen-bond acceptors (Lipinski definition) is 5. The maximum absolute atomic E-state index is 13.1. The third kappa shape index (κ3) is 3.94. The average Bonchev–Trinajstić information content (AvgIpc) is 3.20. The molecular weight excluding hydrogens is 445 g/mol. The summed E-state index contributed by atoms with van der Waals surface area (Å²) >= 11 is 13.5. The number of H-pyrrole nitrogens is 1. The molecule has 0 fully saturated rings. The second-order valence-corrected chi connectivity index (χ2v) is 8.12. The third-order valence-corrected chi connectivity index (χ3v) is 6.09. The Morgan fingerprint density at radius 3 is 2.73 bits per heavy atom. The number of hydrogen-bond donors (Lipinski definition) is 2. The van der Waals surface area contributed by atoms with Gasteiger partial charge in [-0.1, -0.05) is 53.2 Å². The van der Waals surface area contributed by atoms with Crippen molar-refractivity contribution in [1.82, 2.24) is 19.7 Å². The average molecular weight is 460 g/mol. The van der Waals surface area contributed by atoms with Crippen molar-refractivity contribution >= 4 is 57.6 Å². The number of carbonyl (C=O) groups is 1. The van der Waals surface area contributed by atoms with Crippen molar-refractivity contribution in [2.45, 2.75) is 12.1 Å². The highest BCUT2D eigenvalue weighted by molar-refractivity contribution is 7.99. The largest absolute Gasteiger partial charge is 0.325 e. The molecule has 1 amide bonds. The number of thioether (sulfide) groups is 1. The van der Waals surface area contributed by atoms with Crippen molar-refractivity contribution in [2.24, 2.45) is 0 Å². The Kier molecular flexibility index (Phi) is 5.80. The lowest BCUT2D eigenvalue weighted by Crippen LogP contribution is -2.23. The van der Waals surface area contributed by atoms with Crippen LogP contribution >= 0.6 is 35.0 Å². The predicted octanol–water partition coefficient (Wildman–Crippen LogP) is 4.45. The maximum atomic E-state index is 13.1. The number of nitrogens with one attached hydrogen (secondary N) is 2. The highest BCUT2D eigenvalue weighted by Gasteiger charge is 2.18. The molecule has 0 aliphatic carbocycles. The van der Waals surface area contributed by atoms with Gasteiger partial charge in [-0.3, -0.25) is 19.3 Å². The Balaban J connectivity index is 1.66. The number of carbonyl (C=O) groups excluding carboxylic acids is 1. The fourth-order valence-corrected chi connectivity index (χ4v) is 4.07. The summed E-state index contributed by atoms with van der Waals surface area (Å²) in [6, 6.07) is 12.2. The summed E-state index contributed by atoms with van der Waals surface area (Å²) in [4.78, 5) is 30.1. The van der Waals surface area contributed by atoms with Gasteiger partial charge in [-0.25, -0.2) is 4.98 Å². The van der Waals surface area contributed by atoms with Gasteiger partial charge in [0.1, 0.15) is 5.39 Å². The zero-order valence-corrected chi connectivity index (χ0v) is 18.0. The molecule has 10 heteroatoms. The minimum absolute atomic E-state index is 0.0302. The van der Waals surface area contributed by atoms with Crippen LogP contribution in [0.25, 0.3) is 16.7 Å². The number of fused-ring (bicyclic) bond motifs is 1. The summed E-state index contributed by atoms with van der Waals surface area (Å²) < 4.78 is 1.39. The fraction of sp³-hybridized carbons (Fsp3) is 0.100. The van der Waals surface area contributed by atoms with E-state index in [4.69, 9.17) is 23.2 Å². The number of anilines is 1. The highest BCUT2D eigenvalue weighted by atomic mass is 35.5. The van der Waals surface area contributed by atoms with Crippen molar-refractivity contribution in [3.63, 3.8) is 0 Å². The molecule has 0 bridgehead atoms. The van der Waals surface area contributed by atoms with Crippen molar-refractivity contribution < 1.29 is 4.79 Å². The van der Waals surface area contributed by atoms with Gasteiger partial charge in [0.25, 0.3) is 5.56 Å². The van der Waals surface area contributed by atoms with Crippen LogP contribution in [0.1, 0.15) is 5.56 Å². The first-order chi connectivity index (χ1) is 14.5. The molecule has 4 rings (SSSR count). The lowest BCUT2D eigenvalue weighted by Gasteiger charge is -2.13. The summed E-state index contributed by atoms with van der Waals surface area (Å²) in [6.07, 6.45) is 1.42. The number of halogens is 2. The summed E-state index contributed by atoms with van der Waals surface area (Å²) in [6.45, 7) is 1.83. The Hall–Kier alpha value is -2.81. The van der Waals surface area contributed by atoms with Crippen LogP contribution in [0.4, 0.5) is 5.69 Å². The minimum Gasteiger partial charge on any atom is -0.325 e. The normalized spacial score (nSPS) is 11.0. The van der Waals surface area contributed by atoms with E-state index in [1.807, 2.05) is 6.92 Å². The van der Waals surface area contributed by atoms with Gasteiger partial charge >= 0.3 is 0 Å². The molecule has 0 atom stereocenters. The van der Waals surface area contributed by atoms with Crippen LogP contribution in [0.3, 0.4) is 0 Å². The van der Waals surface area contributed by atoms with Crippen molar-refractivity contribution in [1.29, 1.82) is 0 Å². The summed E-state index contributed by atoms with van der Waals surface area (Å²) in [5, 5.41) is 11.0. The Morgan fingerprint density at radius 2 is 1.93 bits per heavy atom. The number of nitrogens with zero attached hydrogens (tertiary/aromatic N) is 3. The van der Waals surface area contributed by atoms with E-state index in [-0.39, 0.29) is 17.2 Å². The number of aromatic amines is 1. The van der Waals surface area contributed by atoms with Crippen LogP contribution in [0.2, 0.25) is 10.0 Å². The minimum atomic E-state index is -0.324. The summed E-state index contributed by atoms with van der Waals surface area (Å²) in [5.41, 5.74) is 1.91. The molecule has 0 radical (unpaired) electrons. The van der Waals surface area contributed by atoms with Gasteiger partial charge < -0.3 is 5.32 Å². The predicted molar refractivity (Wildman–Crippen MR) is 120 cm³/mol. The Labute approximate surface area is 185 Å². The molecule has 0 aliphatic heterocycles.